The molecule has 1 unspecified atom stereocenters. The number of rotatable bonds is 4. The Labute approximate surface area is 192 Å². The van der Waals surface area contributed by atoms with Gasteiger partial charge < -0.3 is 15.1 Å². The zero-order chi connectivity index (χ0) is 22.5. The maximum absolute atomic E-state index is 14.0. The number of benzene rings is 1. The van der Waals surface area contributed by atoms with Crippen LogP contribution in [-0.2, 0) is 6.54 Å². The Bertz CT molecular complexity index is 1140. The SMILES string of the molecule is Cc1cc(F)cc(N2CCCn3nc(NC4[C@@H]5CC[C@H]4CN(c4cc(C)ncn4)C5)nc32)c1. The zero-order valence-corrected chi connectivity index (χ0v) is 19.1. The topological polar surface area (TPSA) is 75.0 Å². The summed E-state index contributed by atoms with van der Waals surface area (Å²) in [4.78, 5) is 18.1. The summed E-state index contributed by atoms with van der Waals surface area (Å²) in [6.07, 6.45) is 5.01. The largest absolute Gasteiger partial charge is 0.356 e. The number of nitrogens with one attached hydrogen (secondary N) is 1. The molecule has 6 rings (SSSR count). The van der Waals surface area contributed by atoms with Gasteiger partial charge in [-0.05, 0) is 68.7 Å². The van der Waals surface area contributed by atoms with E-state index >= 15 is 0 Å². The zero-order valence-electron chi connectivity index (χ0n) is 19.1. The quantitative estimate of drug-likeness (QED) is 0.652. The van der Waals surface area contributed by atoms with Crippen LogP contribution in [0.15, 0.2) is 30.6 Å². The van der Waals surface area contributed by atoms with Crippen LogP contribution in [0, 0.1) is 31.5 Å². The maximum atomic E-state index is 14.0. The summed E-state index contributed by atoms with van der Waals surface area (Å²) >= 11 is 0. The van der Waals surface area contributed by atoms with Gasteiger partial charge in [-0.3, -0.25) is 0 Å². The average molecular weight is 449 g/mol. The maximum Gasteiger partial charge on any atom is 0.244 e. The van der Waals surface area contributed by atoms with Crippen LogP contribution in [0.1, 0.15) is 30.5 Å². The highest BCUT2D eigenvalue weighted by molar-refractivity contribution is 5.60. The van der Waals surface area contributed by atoms with Gasteiger partial charge in [0.15, 0.2) is 0 Å². The van der Waals surface area contributed by atoms with E-state index in [1.807, 2.05) is 24.6 Å². The number of nitrogens with zero attached hydrogens (tertiary/aromatic N) is 7. The Kier molecular flexibility index (Phi) is 4.92. The lowest BCUT2D eigenvalue weighted by Gasteiger charge is -2.38. The second-order valence-corrected chi connectivity index (χ2v) is 9.64. The van der Waals surface area contributed by atoms with E-state index < -0.39 is 0 Å². The molecule has 172 valence electrons. The van der Waals surface area contributed by atoms with Gasteiger partial charge in [0.1, 0.15) is 18.0 Å². The molecule has 1 saturated heterocycles. The van der Waals surface area contributed by atoms with Crippen molar-refractivity contribution in [3.8, 4) is 0 Å². The monoisotopic (exact) mass is 448 g/mol. The third-order valence-corrected chi connectivity index (χ3v) is 7.23. The van der Waals surface area contributed by atoms with E-state index in [0.29, 0.717) is 23.8 Å². The van der Waals surface area contributed by atoms with Crippen molar-refractivity contribution in [1.29, 1.82) is 0 Å². The molecule has 3 atom stereocenters. The molecular weight excluding hydrogens is 419 g/mol. The van der Waals surface area contributed by atoms with Crippen molar-refractivity contribution in [2.24, 2.45) is 11.8 Å². The molecule has 33 heavy (non-hydrogen) atoms. The van der Waals surface area contributed by atoms with Crippen LogP contribution in [0.25, 0.3) is 0 Å². The molecule has 3 aromatic rings. The molecule has 2 bridgehead atoms. The fraction of sp³-hybridized carbons (Fsp3) is 0.500. The molecule has 0 spiro atoms. The van der Waals surface area contributed by atoms with E-state index in [2.05, 4.69) is 31.2 Å². The van der Waals surface area contributed by atoms with Crippen LogP contribution in [0.2, 0.25) is 0 Å². The highest BCUT2D eigenvalue weighted by Gasteiger charge is 2.43. The molecule has 1 saturated carbocycles. The van der Waals surface area contributed by atoms with Crippen molar-refractivity contribution in [2.75, 3.05) is 34.8 Å². The predicted octanol–water partition coefficient (Wildman–Crippen LogP) is 3.69. The molecule has 9 heteroatoms. The lowest BCUT2D eigenvalue weighted by atomic mass is 9.92. The molecule has 3 aliphatic rings. The van der Waals surface area contributed by atoms with Gasteiger partial charge in [0.05, 0.1) is 0 Å². The Morgan fingerprint density at radius 3 is 2.58 bits per heavy atom. The molecule has 0 amide bonds. The van der Waals surface area contributed by atoms with Gasteiger partial charge in [-0.1, -0.05) is 0 Å². The summed E-state index contributed by atoms with van der Waals surface area (Å²) in [7, 11) is 0. The van der Waals surface area contributed by atoms with Gasteiger partial charge in [-0.15, -0.1) is 5.10 Å². The first-order valence-corrected chi connectivity index (χ1v) is 11.8. The minimum Gasteiger partial charge on any atom is -0.356 e. The molecule has 4 heterocycles. The van der Waals surface area contributed by atoms with Crippen LogP contribution in [0.3, 0.4) is 0 Å². The molecular formula is C24H29FN8. The minimum atomic E-state index is -0.220. The molecule has 1 aliphatic carbocycles. The number of piperidine rings is 1. The number of anilines is 4. The second-order valence-electron chi connectivity index (χ2n) is 9.64. The number of fused-ring (bicyclic) bond motifs is 3. The first-order chi connectivity index (χ1) is 16.0. The first kappa shape index (κ1) is 20.4. The molecule has 1 aromatic carbocycles. The summed E-state index contributed by atoms with van der Waals surface area (Å²) in [5, 5.41) is 8.45. The lowest BCUT2D eigenvalue weighted by molar-refractivity contribution is 0.374. The molecule has 0 radical (unpaired) electrons. The third-order valence-electron chi connectivity index (χ3n) is 7.23. The fourth-order valence-electron chi connectivity index (χ4n) is 5.75. The van der Waals surface area contributed by atoms with E-state index in [9.17, 15) is 4.39 Å². The van der Waals surface area contributed by atoms with Crippen molar-refractivity contribution in [1.82, 2.24) is 24.7 Å². The van der Waals surface area contributed by atoms with Crippen LogP contribution < -0.4 is 15.1 Å². The van der Waals surface area contributed by atoms with Crippen LogP contribution >= 0.6 is 0 Å². The number of aryl methyl sites for hydroxylation is 3. The average Bonchev–Trinajstić information content (AvgIpc) is 3.29. The second kappa shape index (κ2) is 7.97. The lowest BCUT2D eigenvalue weighted by Crippen LogP contribution is -2.48. The number of hydrogen-bond donors (Lipinski definition) is 1. The van der Waals surface area contributed by atoms with Gasteiger partial charge in [0.25, 0.3) is 0 Å². The van der Waals surface area contributed by atoms with E-state index in [0.717, 1.165) is 61.3 Å². The van der Waals surface area contributed by atoms with E-state index in [1.54, 1.807) is 18.5 Å². The van der Waals surface area contributed by atoms with Crippen LogP contribution in [0.4, 0.5) is 27.8 Å². The minimum absolute atomic E-state index is 0.220. The van der Waals surface area contributed by atoms with E-state index in [1.165, 1.54) is 12.8 Å². The van der Waals surface area contributed by atoms with Crippen molar-refractivity contribution in [3.63, 3.8) is 0 Å². The molecule has 2 fully saturated rings. The van der Waals surface area contributed by atoms with Crippen LogP contribution in [0.5, 0.6) is 0 Å². The van der Waals surface area contributed by atoms with Gasteiger partial charge in [-0.2, -0.15) is 4.98 Å². The van der Waals surface area contributed by atoms with Gasteiger partial charge in [-0.25, -0.2) is 19.0 Å². The van der Waals surface area contributed by atoms with Crippen LogP contribution in [-0.4, -0.2) is 50.4 Å². The molecule has 8 nitrogen and oxygen atoms in total. The first-order valence-electron chi connectivity index (χ1n) is 11.8. The van der Waals surface area contributed by atoms with Crippen molar-refractivity contribution in [3.05, 3.63) is 47.7 Å². The Hall–Kier alpha value is -3.23. The highest BCUT2D eigenvalue weighted by atomic mass is 19.1. The summed E-state index contributed by atoms with van der Waals surface area (Å²) in [6, 6.07) is 7.57. The summed E-state index contributed by atoms with van der Waals surface area (Å²) in [5.41, 5.74) is 2.74. The molecule has 2 aromatic heterocycles. The summed E-state index contributed by atoms with van der Waals surface area (Å²) < 4.78 is 16.0. The summed E-state index contributed by atoms with van der Waals surface area (Å²) in [6.45, 7) is 7.52. The Balaban J connectivity index is 1.21. The number of halogens is 1. The van der Waals surface area contributed by atoms with Crippen molar-refractivity contribution < 1.29 is 4.39 Å². The Morgan fingerprint density at radius 1 is 1.00 bits per heavy atom. The van der Waals surface area contributed by atoms with Crippen molar-refractivity contribution >= 4 is 23.4 Å². The molecule has 2 aliphatic heterocycles. The van der Waals surface area contributed by atoms with Gasteiger partial charge in [0, 0.05) is 49.7 Å². The fourth-order valence-corrected chi connectivity index (χ4v) is 5.75. The van der Waals surface area contributed by atoms with E-state index in [4.69, 9.17) is 10.1 Å². The smallest absolute Gasteiger partial charge is 0.244 e. The predicted molar refractivity (Wildman–Crippen MR) is 125 cm³/mol. The van der Waals surface area contributed by atoms with Gasteiger partial charge in [0.2, 0.25) is 11.9 Å². The standard InChI is InChI=1S/C24H29FN8/c1-15-8-19(25)11-20(9-15)32-6-3-7-33-24(32)29-23(30-33)28-22-17-4-5-18(22)13-31(12-17)21-10-16(2)26-14-27-21/h8-11,14,17-18,22H,3-7,12-13H2,1-2H3,(H,28,30)/t17-,18+,22?. The third kappa shape index (κ3) is 3.79. The molecule has 1 N–H and O–H groups in total. The summed E-state index contributed by atoms with van der Waals surface area (Å²) in [5.74, 6) is 3.33. The Morgan fingerprint density at radius 2 is 1.82 bits per heavy atom. The van der Waals surface area contributed by atoms with E-state index in [-0.39, 0.29) is 5.82 Å². The highest BCUT2D eigenvalue weighted by Crippen LogP contribution is 2.40. The number of aromatic nitrogens is 5. The normalized spacial score (nSPS) is 24.2. The number of hydrogen-bond acceptors (Lipinski definition) is 7. The van der Waals surface area contributed by atoms with Crippen molar-refractivity contribution in [2.45, 2.75) is 45.7 Å². The van der Waals surface area contributed by atoms with Gasteiger partial charge >= 0.3 is 0 Å².